The zero-order chi connectivity index (χ0) is 14.4. The number of anilines is 1. The molecule has 1 unspecified atom stereocenters. The number of amides is 1. The Morgan fingerprint density at radius 1 is 1.42 bits per heavy atom. The summed E-state index contributed by atoms with van der Waals surface area (Å²) in [5.41, 5.74) is 7.67. The fourth-order valence-electron chi connectivity index (χ4n) is 1.83. The zero-order valence-corrected chi connectivity index (χ0v) is 11.3. The predicted molar refractivity (Wildman–Crippen MR) is 74.0 cm³/mol. The number of hydrogen-bond acceptors (Lipinski definition) is 3. The van der Waals surface area contributed by atoms with Crippen molar-refractivity contribution in [3.05, 3.63) is 29.3 Å². The van der Waals surface area contributed by atoms with Crippen LogP contribution in [0.4, 0.5) is 5.69 Å². The van der Waals surface area contributed by atoms with E-state index in [0.717, 1.165) is 5.56 Å². The molecule has 19 heavy (non-hydrogen) atoms. The van der Waals surface area contributed by atoms with Gasteiger partial charge in [0.05, 0.1) is 0 Å². The van der Waals surface area contributed by atoms with Gasteiger partial charge in [-0.05, 0) is 44.4 Å². The molecule has 0 aliphatic heterocycles. The van der Waals surface area contributed by atoms with Gasteiger partial charge >= 0.3 is 5.97 Å². The Morgan fingerprint density at radius 2 is 2.11 bits per heavy atom. The molecule has 1 amide bonds. The van der Waals surface area contributed by atoms with Crippen LogP contribution in [0.1, 0.15) is 42.1 Å². The van der Waals surface area contributed by atoms with Gasteiger partial charge in [0.15, 0.2) is 0 Å². The Morgan fingerprint density at radius 3 is 2.74 bits per heavy atom. The lowest BCUT2D eigenvalue weighted by atomic mass is 10.1. The molecule has 4 N–H and O–H groups in total. The van der Waals surface area contributed by atoms with Crippen LogP contribution in [0.5, 0.6) is 0 Å². The number of carboxylic acid groups (broad SMARTS) is 1. The summed E-state index contributed by atoms with van der Waals surface area (Å²) in [6, 6.07) is 5.16. The molecule has 0 aliphatic carbocycles. The first-order valence-corrected chi connectivity index (χ1v) is 6.29. The Labute approximate surface area is 112 Å². The van der Waals surface area contributed by atoms with Crippen LogP contribution in [-0.2, 0) is 4.79 Å². The van der Waals surface area contributed by atoms with E-state index in [9.17, 15) is 9.59 Å². The number of nitrogens with two attached hydrogens (primary N) is 1. The van der Waals surface area contributed by atoms with Crippen LogP contribution >= 0.6 is 0 Å². The van der Waals surface area contributed by atoms with E-state index in [1.165, 1.54) is 0 Å². The van der Waals surface area contributed by atoms with Crippen LogP contribution in [0.3, 0.4) is 0 Å². The standard InChI is InChI=1S/C14H20N2O3/c1-9(5-3-8-13(17)18)16-14(19)11-6-4-7-12(15)10(11)2/h4,6-7,9H,3,5,8,15H2,1-2H3,(H,16,19)(H,17,18). The van der Waals surface area contributed by atoms with Crippen molar-refractivity contribution in [3.8, 4) is 0 Å². The molecule has 0 heterocycles. The Kier molecular flexibility index (Phi) is 5.36. The highest BCUT2D eigenvalue weighted by Crippen LogP contribution is 2.15. The molecule has 0 radical (unpaired) electrons. The predicted octanol–water partition coefficient (Wildman–Crippen LogP) is 1.95. The molecule has 5 nitrogen and oxygen atoms in total. The van der Waals surface area contributed by atoms with E-state index in [1.807, 2.05) is 6.92 Å². The van der Waals surface area contributed by atoms with E-state index >= 15 is 0 Å². The minimum Gasteiger partial charge on any atom is -0.481 e. The number of aliphatic carboxylic acids is 1. The largest absolute Gasteiger partial charge is 0.481 e. The highest BCUT2D eigenvalue weighted by molar-refractivity contribution is 5.97. The fourth-order valence-corrected chi connectivity index (χ4v) is 1.83. The van der Waals surface area contributed by atoms with Gasteiger partial charge in [0.2, 0.25) is 0 Å². The molecule has 0 fully saturated rings. The van der Waals surface area contributed by atoms with Crippen molar-refractivity contribution in [1.82, 2.24) is 5.32 Å². The summed E-state index contributed by atoms with van der Waals surface area (Å²) in [6.45, 7) is 3.67. The molecule has 0 aliphatic rings. The van der Waals surface area contributed by atoms with E-state index in [4.69, 9.17) is 10.8 Å². The van der Waals surface area contributed by atoms with Crippen LogP contribution in [0.2, 0.25) is 0 Å². The SMILES string of the molecule is Cc1c(N)cccc1C(=O)NC(C)CCCC(=O)O. The number of hydrogen-bond donors (Lipinski definition) is 3. The molecule has 1 aromatic carbocycles. The van der Waals surface area contributed by atoms with Gasteiger partial charge in [-0.2, -0.15) is 0 Å². The molecule has 0 aromatic heterocycles. The lowest BCUT2D eigenvalue weighted by molar-refractivity contribution is -0.137. The second-order valence-corrected chi connectivity index (χ2v) is 4.68. The van der Waals surface area contributed by atoms with Crippen LogP contribution in [-0.4, -0.2) is 23.0 Å². The summed E-state index contributed by atoms with van der Waals surface area (Å²) in [5, 5.41) is 11.4. The first kappa shape index (κ1) is 15.0. The maximum absolute atomic E-state index is 12.0. The molecule has 0 saturated carbocycles. The number of rotatable bonds is 6. The van der Waals surface area contributed by atoms with Gasteiger partial charge in [0.1, 0.15) is 0 Å². The van der Waals surface area contributed by atoms with Crippen LogP contribution in [0.15, 0.2) is 18.2 Å². The molecular formula is C14H20N2O3. The van der Waals surface area contributed by atoms with Crippen LogP contribution in [0, 0.1) is 6.92 Å². The van der Waals surface area contributed by atoms with Crippen molar-refractivity contribution in [2.45, 2.75) is 39.2 Å². The number of benzene rings is 1. The van der Waals surface area contributed by atoms with Crippen LogP contribution in [0.25, 0.3) is 0 Å². The zero-order valence-electron chi connectivity index (χ0n) is 11.3. The van der Waals surface area contributed by atoms with Crippen molar-refractivity contribution in [2.75, 3.05) is 5.73 Å². The third-order valence-electron chi connectivity index (χ3n) is 3.03. The molecule has 0 spiro atoms. The maximum atomic E-state index is 12.0. The second kappa shape index (κ2) is 6.78. The first-order valence-electron chi connectivity index (χ1n) is 6.29. The molecule has 1 aromatic rings. The van der Waals surface area contributed by atoms with Gasteiger partial charge in [-0.25, -0.2) is 0 Å². The minimum atomic E-state index is -0.815. The summed E-state index contributed by atoms with van der Waals surface area (Å²) in [7, 11) is 0. The topological polar surface area (TPSA) is 92.4 Å². The summed E-state index contributed by atoms with van der Waals surface area (Å²) in [4.78, 5) is 22.4. The van der Waals surface area contributed by atoms with Crippen molar-refractivity contribution in [1.29, 1.82) is 0 Å². The highest BCUT2D eigenvalue weighted by Gasteiger charge is 2.13. The van der Waals surface area contributed by atoms with E-state index in [1.54, 1.807) is 25.1 Å². The molecule has 0 bridgehead atoms. The van der Waals surface area contributed by atoms with Gasteiger partial charge in [-0.3, -0.25) is 9.59 Å². The lowest BCUT2D eigenvalue weighted by Gasteiger charge is -2.15. The summed E-state index contributed by atoms with van der Waals surface area (Å²) in [5.74, 6) is -0.988. The van der Waals surface area contributed by atoms with E-state index in [-0.39, 0.29) is 18.4 Å². The normalized spacial score (nSPS) is 11.9. The van der Waals surface area contributed by atoms with Gasteiger partial charge in [-0.15, -0.1) is 0 Å². The molecule has 0 saturated heterocycles. The van der Waals surface area contributed by atoms with E-state index in [2.05, 4.69) is 5.32 Å². The van der Waals surface area contributed by atoms with Crippen molar-refractivity contribution >= 4 is 17.6 Å². The third-order valence-corrected chi connectivity index (χ3v) is 3.03. The number of carboxylic acids is 1. The highest BCUT2D eigenvalue weighted by atomic mass is 16.4. The van der Waals surface area contributed by atoms with Crippen molar-refractivity contribution in [2.24, 2.45) is 0 Å². The number of nitrogens with one attached hydrogen (secondary N) is 1. The van der Waals surface area contributed by atoms with Gasteiger partial charge < -0.3 is 16.2 Å². The lowest BCUT2D eigenvalue weighted by Crippen LogP contribution is -2.33. The van der Waals surface area contributed by atoms with E-state index < -0.39 is 5.97 Å². The quantitative estimate of drug-likeness (QED) is 0.685. The molecule has 1 rings (SSSR count). The Balaban J connectivity index is 2.54. The smallest absolute Gasteiger partial charge is 0.303 e. The maximum Gasteiger partial charge on any atom is 0.303 e. The summed E-state index contributed by atoms with van der Waals surface area (Å²) >= 11 is 0. The number of carbonyl (C=O) groups is 2. The van der Waals surface area contributed by atoms with Gasteiger partial charge in [0.25, 0.3) is 5.91 Å². The fraction of sp³-hybridized carbons (Fsp3) is 0.429. The monoisotopic (exact) mass is 264 g/mol. The average Bonchev–Trinajstić information content (AvgIpc) is 2.31. The summed E-state index contributed by atoms with van der Waals surface area (Å²) < 4.78 is 0. The first-order chi connectivity index (χ1) is 8.91. The number of nitrogen functional groups attached to an aromatic ring is 1. The minimum absolute atomic E-state index is 0.0623. The van der Waals surface area contributed by atoms with Crippen LogP contribution < -0.4 is 11.1 Å². The van der Waals surface area contributed by atoms with Crippen molar-refractivity contribution in [3.63, 3.8) is 0 Å². The Hall–Kier alpha value is -2.04. The Bertz CT molecular complexity index is 472. The van der Waals surface area contributed by atoms with Crippen molar-refractivity contribution < 1.29 is 14.7 Å². The van der Waals surface area contributed by atoms with Gasteiger partial charge in [0, 0.05) is 23.7 Å². The summed E-state index contributed by atoms with van der Waals surface area (Å²) in [6.07, 6.45) is 1.31. The van der Waals surface area contributed by atoms with E-state index in [0.29, 0.717) is 24.1 Å². The number of carbonyl (C=O) groups excluding carboxylic acids is 1. The molecule has 1 atom stereocenters. The molecule has 104 valence electrons. The molecular weight excluding hydrogens is 244 g/mol. The second-order valence-electron chi connectivity index (χ2n) is 4.68. The third kappa shape index (κ3) is 4.62. The average molecular weight is 264 g/mol. The molecule has 5 heteroatoms. The van der Waals surface area contributed by atoms with Gasteiger partial charge in [-0.1, -0.05) is 6.07 Å².